The fourth-order valence-corrected chi connectivity index (χ4v) is 1.55. The molecular formula is C14H16N4O2. The van der Waals surface area contributed by atoms with E-state index in [4.69, 9.17) is 10.5 Å². The number of nitrogens with two attached hydrogens (primary N) is 1. The van der Waals surface area contributed by atoms with Crippen LogP contribution in [-0.4, -0.2) is 15.9 Å². The lowest BCUT2D eigenvalue weighted by Crippen LogP contribution is -2.18. The largest absolute Gasteiger partial charge is 0.459 e. The van der Waals surface area contributed by atoms with Crippen molar-refractivity contribution in [3.05, 3.63) is 47.7 Å². The third-order valence-electron chi connectivity index (χ3n) is 2.59. The zero-order valence-electron chi connectivity index (χ0n) is 11.2. The Balaban J connectivity index is 1.89. The van der Waals surface area contributed by atoms with Crippen molar-refractivity contribution in [2.24, 2.45) is 0 Å². The molecule has 2 rings (SSSR count). The topological polar surface area (TPSA) is 90.1 Å². The van der Waals surface area contributed by atoms with E-state index in [-0.39, 0.29) is 11.9 Å². The second kappa shape index (κ2) is 6.51. The van der Waals surface area contributed by atoms with E-state index < -0.39 is 0 Å². The van der Waals surface area contributed by atoms with Crippen LogP contribution in [0.25, 0.3) is 0 Å². The van der Waals surface area contributed by atoms with Crippen molar-refractivity contribution in [2.45, 2.75) is 20.1 Å². The summed E-state index contributed by atoms with van der Waals surface area (Å²) in [6.07, 6.45) is 1.55. The number of nitrogen functional groups attached to an aromatic ring is 1. The van der Waals surface area contributed by atoms with E-state index in [1.807, 2.05) is 24.3 Å². The number of carbonyl (C=O) groups excluding carboxylic acids is 1. The molecule has 0 bridgehead atoms. The second-order valence-corrected chi connectivity index (χ2v) is 4.28. The monoisotopic (exact) mass is 272 g/mol. The minimum absolute atomic E-state index is 0.0452. The Hall–Kier alpha value is -2.63. The highest BCUT2D eigenvalue weighted by molar-refractivity contribution is 5.72. The van der Waals surface area contributed by atoms with Gasteiger partial charge in [0.05, 0.1) is 0 Å². The minimum Gasteiger partial charge on any atom is -0.459 e. The Morgan fingerprint density at radius 3 is 2.60 bits per heavy atom. The molecule has 0 radical (unpaired) electrons. The van der Waals surface area contributed by atoms with Gasteiger partial charge in [-0.05, 0) is 17.2 Å². The van der Waals surface area contributed by atoms with Gasteiger partial charge in [-0.2, -0.15) is 4.98 Å². The molecule has 20 heavy (non-hydrogen) atoms. The van der Waals surface area contributed by atoms with Gasteiger partial charge in [0.2, 0.25) is 5.91 Å². The molecule has 2 aromatic rings. The summed E-state index contributed by atoms with van der Waals surface area (Å²) >= 11 is 0. The number of nitrogens with zero attached hydrogens (tertiary/aromatic N) is 2. The van der Waals surface area contributed by atoms with E-state index in [2.05, 4.69) is 15.3 Å². The van der Waals surface area contributed by atoms with E-state index in [1.54, 1.807) is 12.3 Å². The van der Waals surface area contributed by atoms with Gasteiger partial charge in [-0.1, -0.05) is 24.3 Å². The molecule has 1 aromatic carbocycles. The fraction of sp³-hybridized carbons (Fsp3) is 0.214. The van der Waals surface area contributed by atoms with E-state index in [9.17, 15) is 4.79 Å². The van der Waals surface area contributed by atoms with Gasteiger partial charge in [-0.15, -0.1) is 0 Å². The third kappa shape index (κ3) is 4.24. The van der Waals surface area contributed by atoms with Gasteiger partial charge in [0.1, 0.15) is 12.4 Å². The second-order valence-electron chi connectivity index (χ2n) is 4.28. The Bertz CT molecular complexity index is 584. The van der Waals surface area contributed by atoms with E-state index >= 15 is 0 Å². The third-order valence-corrected chi connectivity index (χ3v) is 2.59. The van der Waals surface area contributed by atoms with Crippen molar-refractivity contribution in [1.29, 1.82) is 0 Å². The SMILES string of the molecule is CC(=O)NCc1ccc(COc2nccc(N)n2)cc1. The first-order valence-corrected chi connectivity index (χ1v) is 6.17. The molecule has 0 saturated heterocycles. The van der Waals surface area contributed by atoms with Crippen molar-refractivity contribution < 1.29 is 9.53 Å². The van der Waals surface area contributed by atoms with Gasteiger partial charge < -0.3 is 15.8 Å². The van der Waals surface area contributed by atoms with Gasteiger partial charge in [0.25, 0.3) is 0 Å². The molecule has 104 valence electrons. The molecule has 0 fully saturated rings. The molecule has 1 amide bonds. The van der Waals surface area contributed by atoms with Gasteiger partial charge in [0, 0.05) is 19.7 Å². The number of hydrogen-bond acceptors (Lipinski definition) is 5. The van der Waals surface area contributed by atoms with E-state index in [0.717, 1.165) is 11.1 Å². The van der Waals surface area contributed by atoms with Crippen LogP contribution in [-0.2, 0) is 17.9 Å². The molecule has 0 saturated carbocycles. The molecule has 0 aliphatic carbocycles. The van der Waals surface area contributed by atoms with Gasteiger partial charge in [0.15, 0.2) is 0 Å². The standard InChI is InChI=1S/C14H16N4O2/c1-10(19)17-8-11-2-4-12(5-3-11)9-20-14-16-7-6-13(15)18-14/h2-7H,8-9H2,1H3,(H,17,19)(H2,15,16,18). The van der Waals surface area contributed by atoms with Crippen LogP contribution in [0, 0.1) is 0 Å². The summed E-state index contributed by atoms with van der Waals surface area (Å²) in [7, 11) is 0. The number of hydrogen-bond donors (Lipinski definition) is 2. The van der Waals surface area contributed by atoms with E-state index in [1.165, 1.54) is 6.92 Å². The fourth-order valence-electron chi connectivity index (χ4n) is 1.55. The molecule has 1 aromatic heterocycles. The van der Waals surface area contributed by atoms with Crippen molar-refractivity contribution in [1.82, 2.24) is 15.3 Å². The Morgan fingerprint density at radius 1 is 1.25 bits per heavy atom. The zero-order valence-corrected chi connectivity index (χ0v) is 11.2. The summed E-state index contributed by atoms with van der Waals surface area (Å²) in [5.41, 5.74) is 7.56. The molecular weight excluding hydrogens is 256 g/mol. The lowest BCUT2D eigenvalue weighted by molar-refractivity contribution is -0.119. The number of amides is 1. The van der Waals surface area contributed by atoms with Gasteiger partial charge >= 0.3 is 6.01 Å². The molecule has 0 spiro atoms. The minimum atomic E-state index is -0.0452. The predicted molar refractivity (Wildman–Crippen MR) is 74.7 cm³/mol. The first-order valence-electron chi connectivity index (χ1n) is 6.17. The number of rotatable bonds is 5. The highest BCUT2D eigenvalue weighted by Gasteiger charge is 2.00. The normalized spacial score (nSPS) is 10.1. The highest BCUT2D eigenvalue weighted by atomic mass is 16.5. The van der Waals surface area contributed by atoms with Crippen molar-refractivity contribution in [3.63, 3.8) is 0 Å². The summed E-state index contributed by atoms with van der Waals surface area (Å²) < 4.78 is 5.44. The Kier molecular flexibility index (Phi) is 4.49. The molecule has 6 heteroatoms. The van der Waals surface area contributed by atoms with Crippen LogP contribution in [0.2, 0.25) is 0 Å². The molecule has 1 heterocycles. The smallest absolute Gasteiger partial charge is 0.318 e. The van der Waals surface area contributed by atoms with E-state index in [0.29, 0.717) is 19.0 Å². The number of nitrogens with one attached hydrogen (secondary N) is 1. The summed E-state index contributed by atoms with van der Waals surface area (Å²) in [4.78, 5) is 18.7. The predicted octanol–water partition coefficient (Wildman–Crippen LogP) is 1.27. The molecule has 6 nitrogen and oxygen atoms in total. The van der Waals surface area contributed by atoms with Crippen LogP contribution < -0.4 is 15.8 Å². The van der Waals surface area contributed by atoms with Gasteiger partial charge in [-0.25, -0.2) is 4.98 Å². The summed E-state index contributed by atoms with van der Waals surface area (Å²) in [5.74, 6) is 0.330. The van der Waals surface area contributed by atoms with Crippen molar-refractivity contribution in [2.75, 3.05) is 5.73 Å². The lowest BCUT2D eigenvalue weighted by atomic mass is 10.1. The summed E-state index contributed by atoms with van der Waals surface area (Å²) in [6.45, 7) is 2.38. The maximum absolute atomic E-state index is 10.8. The van der Waals surface area contributed by atoms with Crippen LogP contribution >= 0.6 is 0 Å². The molecule has 0 aliphatic heterocycles. The summed E-state index contributed by atoms with van der Waals surface area (Å²) in [6, 6.07) is 9.60. The molecule has 0 aliphatic rings. The van der Waals surface area contributed by atoms with Crippen molar-refractivity contribution >= 4 is 11.7 Å². The first kappa shape index (κ1) is 13.8. The average molecular weight is 272 g/mol. The number of ether oxygens (including phenoxy) is 1. The molecule has 0 unspecified atom stereocenters. The van der Waals surface area contributed by atoms with Crippen LogP contribution in [0.4, 0.5) is 5.82 Å². The number of carbonyl (C=O) groups is 1. The van der Waals surface area contributed by atoms with Crippen molar-refractivity contribution in [3.8, 4) is 6.01 Å². The van der Waals surface area contributed by atoms with Crippen LogP contribution in [0.1, 0.15) is 18.1 Å². The Labute approximate surface area is 117 Å². The zero-order chi connectivity index (χ0) is 14.4. The quantitative estimate of drug-likeness (QED) is 0.855. The average Bonchev–Trinajstić information content (AvgIpc) is 2.44. The van der Waals surface area contributed by atoms with Crippen LogP contribution in [0.15, 0.2) is 36.5 Å². The summed E-state index contributed by atoms with van der Waals surface area (Å²) in [5, 5.41) is 2.74. The highest BCUT2D eigenvalue weighted by Crippen LogP contribution is 2.09. The molecule has 0 atom stereocenters. The number of aromatic nitrogens is 2. The first-order chi connectivity index (χ1) is 9.63. The molecule has 3 N–H and O–H groups in total. The Morgan fingerprint density at radius 2 is 1.95 bits per heavy atom. The van der Waals surface area contributed by atoms with Crippen LogP contribution in [0.5, 0.6) is 6.01 Å². The maximum atomic E-state index is 10.8. The number of benzene rings is 1. The lowest BCUT2D eigenvalue weighted by Gasteiger charge is -2.06. The number of anilines is 1. The maximum Gasteiger partial charge on any atom is 0.318 e. The van der Waals surface area contributed by atoms with Gasteiger partial charge in [-0.3, -0.25) is 4.79 Å². The van der Waals surface area contributed by atoms with Crippen LogP contribution in [0.3, 0.4) is 0 Å².